The zero-order valence-electron chi connectivity index (χ0n) is 10.6. The average molecular weight is 253 g/mol. The van der Waals surface area contributed by atoms with Crippen LogP contribution in [0.1, 0.15) is 31.2 Å². The predicted molar refractivity (Wildman–Crippen MR) is 67.9 cm³/mol. The van der Waals surface area contributed by atoms with Gasteiger partial charge in [-0.25, -0.2) is 4.39 Å². The van der Waals surface area contributed by atoms with Gasteiger partial charge < -0.3 is 15.5 Å². The van der Waals surface area contributed by atoms with Crippen molar-refractivity contribution >= 4 is 0 Å². The summed E-state index contributed by atoms with van der Waals surface area (Å²) in [7, 11) is 0. The highest BCUT2D eigenvalue weighted by molar-refractivity contribution is 5.24. The van der Waals surface area contributed by atoms with Crippen molar-refractivity contribution in [2.45, 2.75) is 37.3 Å². The van der Waals surface area contributed by atoms with Gasteiger partial charge in [-0.15, -0.1) is 0 Å². The molecule has 100 valence electrons. The molecule has 0 amide bonds. The first kappa shape index (κ1) is 13.5. The van der Waals surface area contributed by atoms with Crippen LogP contribution in [0.4, 0.5) is 4.39 Å². The molecular weight excluding hydrogens is 233 g/mol. The first-order valence-corrected chi connectivity index (χ1v) is 6.33. The molecule has 1 atom stereocenters. The molecule has 1 fully saturated rings. The van der Waals surface area contributed by atoms with Crippen LogP contribution < -0.4 is 5.32 Å². The second kappa shape index (κ2) is 5.34. The summed E-state index contributed by atoms with van der Waals surface area (Å²) in [4.78, 5) is 0. The quantitative estimate of drug-likeness (QED) is 0.743. The number of hydrogen-bond acceptors (Lipinski definition) is 3. The lowest BCUT2D eigenvalue weighted by atomic mass is 9.75. The molecule has 1 unspecified atom stereocenters. The van der Waals surface area contributed by atoms with E-state index in [0.29, 0.717) is 12.6 Å². The van der Waals surface area contributed by atoms with E-state index in [2.05, 4.69) is 5.32 Å². The molecule has 1 aromatic carbocycles. The summed E-state index contributed by atoms with van der Waals surface area (Å²) in [5, 5.41) is 21.8. The van der Waals surface area contributed by atoms with E-state index in [1.54, 1.807) is 13.0 Å². The molecule has 18 heavy (non-hydrogen) atoms. The Labute approximate surface area is 107 Å². The lowest BCUT2D eigenvalue weighted by Gasteiger charge is -2.38. The first-order chi connectivity index (χ1) is 8.52. The summed E-state index contributed by atoms with van der Waals surface area (Å²) in [6, 6.07) is 7.18. The Balaban J connectivity index is 1.79. The highest BCUT2D eigenvalue weighted by Gasteiger charge is 2.32. The van der Waals surface area contributed by atoms with Gasteiger partial charge in [-0.1, -0.05) is 18.2 Å². The number of halogens is 1. The second-order valence-electron chi connectivity index (χ2n) is 5.42. The molecule has 0 saturated heterocycles. The largest absolute Gasteiger partial charge is 0.393 e. The van der Waals surface area contributed by atoms with Crippen molar-refractivity contribution in [2.24, 2.45) is 0 Å². The monoisotopic (exact) mass is 253 g/mol. The lowest BCUT2D eigenvalue weighted by molar-refractivity contribution is -0.00189. The fourth-order valence-electron chi connectivity index (χ4n) is 2.26. The van der Waals surface area contributed by atoms with Crippen LogP contribution in [-0.4, -0.2) is 35.0 Å². The Bertz CT molecular complexity index is 403. The fourth-order valence-corrected chi connectivity index (χ4v) is 2.26. The van der Waals surface area contributed by atoms with Gasteiger partial charge in [0.1, 0.15) is 5.82 Å². The molecule has 1 aliphatic carbocycles. The third-order valence-electron chi connectivity index (χ3n) is 3.60. The summed E-state index contributed by atoms with van der Waals surface area (Å²) in [5.41, 5.74) is -0.298. The number of aliphatic hydroxyl groups is 2. The first-order valence-electron chi connectivity index (χ1n) is 6.33. The molecule has 2 rings (SSSR count). The minimum absolute atomic E-state index is 0.136. The third-order valence-corrected chi connectivity index (χ3v) is 3.60. The maximum absolute atomic E-state index is 13.5. The molecular formula is C14H20FNO2. The highest BCUT2D eigenvalue weighted by Crippen LogP contribution is 2.37. The van der Waals surface area contributed by atoms with Crippen LogP contribution in [0, 0.1) is 5.82 Å². The number of rotatable bonds is 5. The summed E-state index contributed by atoms with van der Waals surface area (Å²) in [6.07, 6.45) is 1.75. The van der Waals surface area contributed by atoms with Gasteiger partial charge in [0.05, 0.1) is 12.2 Å². The van der Waals surface area contributed by atoms with E-state index in [0.717, 1.165) is 18.4 Å². The van der Waals surface area contributed by atoms with E-state index in [1.165, 1.54) is 6.07 Å². The number of nitrogens with one attached hydrogen (secondary N) is 1. The van der Waals surface area contributed by atoms with E-state index in [-0.39, 0.29) is 18.3 Å². The Hall–Kier alpha value is -0.970. The minimum atomic E-state index is -1.08. The Morgan fingerprint density at radius 1 is 1.39 bits per heavy atom. The maximum atomic E-state index is 13.5. The van der Waals surface area contributed by atoms with Crippen LogP contribution in [-0.2, 0) is 0 Å². The van der Waals surface area contributed by atoms with Crippen LogP contribution in [0.3, 0.4) is 0 Å². The molecule has 0 spiro atoms. The van der Waals surface area contributed by atoms with Crippen molar-refractivity contribution < 1.29 is 14.6 Å². The zero-order chi connectivity index (χ0) is 13.2. The molecule has 0 aromatic heterocycles. The summed E-state index contributed by atoms with van der Waals surface area (Å²) < 4.78 is 13.5. The molecule has 1 saturated carbocycles. The molecule has 1 aliphatic rings. The Kier molecular flexibility index (Phi) is 4.00. The van der Waals surface area contributed by atoms with Crippen LogP contribution in [0.15, 0.2) is 24.3 Å². The molecule has 0 bridgehead atoms. The van der Waals surface area contributed by atoms with E-state index >= 15 is 0 Å². The highest BCUT2D eigenvalue weighted by atomic mass is 19.1. The number of benzene rings is 1. The zero-order valence-corrected chi connectivity index (χ0v) is 10.6. The molecule has 3 nitrogen and oxygen atoms in total. The third kappa shape index (κ3) is 3.07. The SMILES string of the molecule is CC(O)(CO)CNC1CC(c2ccccc2F)C1. The van der Waals surface area contributed by atoms with Crippen molar-refractivity contribution in [2.75, 3.05) is 13.2 Å². The van der Waals surface area contributed by atoms with E-state index in [1.807, 2.05) is 12.1 Å². The number of hydrogen-bond donors (Lipinski definition) is 3. The van der Waals surface area contributed by atoms with Crippen LogP contribution >= 0.6 is 0 Å². The normalized spacial score (nSPS) is 26.4. The fraction of sp³-hybridized carbons (Fsp3) is 0.571. The summed E-state index contributed by atoms with van der Waals surface area (Å²) in [5.74, 6) is 0.131. The molecule has 0 radical (unpaired) electrons. The van der Waals surface area contributed by atoms with E-state index in [9.17, 15) is 9.50 Å². The van der Waals surface area contributed by atoms with Crippen molar-refractivity contribution in [3.63, 3.8) is 0 Å². The smallest absolute Gasteiger partial charge is 0.126 e. The van der Waals surface area contributed by atoms with Crippen molar-refractivity contribution in [3.8, 4) is 0 Å². The number of aliphatic hydroxyl groups excluding tert-OH is 1. The van der Waals surface area contributed by atoms with Gasteiger partial charge in [0, 0.05) is 12.6 Å². The van der Waals surface area contributed by atoms with Gasteiger partial charge in [0.15, 0.2) is 0 Å². The lowest BCUT2D eigenvalue weighted by Crippen LogP contribution is -2.48. The van der Waals surface area contributed by atoms with E-state index < -0.39 is 5.60 Å². The molecule has 1 aromatic rings. The van der Waals surface area contributed by atoms with Crippen molar-refractivity contribution in [3.05, 3.63) is 35.6 Å². The summed E-state index contributed by atoms with van der Waals surface area (Å²) >= 11 is 0. The molecule has 0 aliphatic heterocycles. The van der Waals surface area contributed by atoms with Gasteiger partial charge in [0.2, 0.25) is 0 Å². The Morgan fingerprint density at radius 3 is 2.67 bits per heavy atom. The van der Waals surface area contributed by atoms with Gasteiger partial charge in [-0.05, 0) is 37.3 Å². The van der Waals surface area contributed by atoms with Gasteiger partial charge >= 0.3 is 0 Å². The van der Waals surface area contributed by atoms with E-state index in [4.69, 9.17) is 5.11 Å². The van der Waals surface area contributed by atoms with Gasteiger partial charge in [-0.2, -0.15) is 0 Å². The van der Waals surface area contributed by atoms with Crippen LogP contribution in [0.2, 0.25) is 0 Å². The van der Waals surface area contributed by atoms with Crippen LogP contribution in [0.5, 0.6) is 0 Å². The standard InChI is InChI=1S/C14H20FNO2/c1-14(18,9-17)8-16-11-6-10(7-11)12-4-2-3-5-13(12)15/h2-5,10-11,16-18H,6-9H2,1H3. The maximum Gasteiger partial charge on any atom is 0.126 e. The van der Waals surface area contributed by atoms with Crippen molar-refractivity contribution in [1.82, 2.24) is 5.32 Å². The van der Waals surface area contributed by atoms with Gasteiger partial charge in [-0.3, -0.25) is 0 Å². The summed E-state index contributed by atoms with van der Waals surface area (Å²) in [6.45, 7) is 1.69. The predicted octanol–water partition coefficient (Wildman–Crippen LogP) is 1.40. The van der Waals surface area contributed by atoms with Crippen LogP contribution in [0.25, 0.3) is 0 Å². The van der Waals surface area contributed by atoms with Crippen molar-refractivity contribution in [1.29, 1.82) is 0 Å². The Morgan fingerprint density at radius 2 is 2.06 bits per heavy atom. The minimum Gasteiger partial charge on any atom is -0.393 e. The second-order valence-corrected chi connectivity index (χ2v) is 5.42. The average Bonchev–Trinajstić information content (AvgIpc) is 2.29. The molecule has 4 heteroatoms. The van der Waals surface area contributed by atoms with Gasteiger partial charge in [0.25, 0.3) is 0 Å². The molecule has 0 heterocycles. The topological polar surface area (TPSA) is 52.5 Å². The molecule has 3 N–H and O–H groups in total.